The summed E-state index contributed by atoms with van der Waals surface area (Å²) in [6.07, 6.45) is 0.487. The number of ether oxygens (including phenoxy) is 1. The molecule has 0 aliphatic carbocycles. The van der Waals surface area contributed by atoms with Gasteiger partial charge in [0.1, 0.15) is 11.2 Å². The third kappa shape index (κ3) is 3.01. The molecule has 0 bridgehead atoms. The SMILES string of the molecule is CCC(C)(C#N)C(=O)NCc1ccccc1OC. The number of rotatable bonds is 5. The predicted octanol–water partition coefficient (Wildman–Crippen LogP) is 2.25. The molecule has 0 aliphatic heterocycles. The van der Waals surface area contributed by atoms with Crippen LogP contribution in [0.2, 0.25) is 0 Å². The highest BCUT2D eigenvalue weighted by Gasteiger charge is 2.30. The second kappa shape index (κ2) is 6.06. The normalized spacial score (nSPS) is 13.2. The van der Waals surface area contributed by atoms with E-state index in [0.29, 0.717) is 13.0 Å². The molecule has 0 fully saturated rings. The van der Waals surface area contributed by atoms with Gasteiger partial charge in [0.05, 0.1) is 13.2 Å². The summed E-state index contributed by atoms with van der Waals surface area (Å²) < 4.78 is 5.20. The Hall–Kier alpha value is -2.02. The summed E-state index contributed by atoms with van der Waals surface area (Å²) in [7, 11) is 1.59. The van der Waals surface area contributed by atoms with Crippen molar-refractivity contribution in [1.29, 1.82) is 5.26 Å². The van der Waals surface area contributed by atoms with Crippen LogP contribution in [0.3, 0.4) is 0 Å². The smallest absolute Gasteiger partial charge is 0.240 e. The fourth-order valence-corrected chi connectivity index (χ4v) is 1.51. The van der Waals surface area contributed by atoms with Crippen LogP contribution in [0.4, 0.5) is 0 Å². The molecule has 0 aliphatic rings. The van der Waals surface area contributed by atoms with Crippen molar-refractivity contribution in [2.75, 3.05) is 7.11 Å². The summed E-state index contributed by atoms with van der Waals surface area (Å²) in [5.74, 6) is 0.478. The Morgan fingerprint density at radius 2 is 2.17 bits per heavy atom. The van der Waals surface area contributed by atoms with Gasteiger partial charge in [-0.15, -0.1) is 0 Å². The molecule has 0 radical (unpaired) electrons. The van der Waals surface area contributed by atoms with Crippen molar-refractivity contribution in [3.05, 3.63) is 29.8 Å². The van der Waals surface area contributed by atoms with Crippen LogP contribution < -0.4 is 10.1 Å². The number of carbonyl (C=O) groups is 1. The summed E-state index contributed by atoms with van der Waals surface area (Å²) in [5, 5.41) is 11.8. The molecule has 18 heavy (non-hydrogen) atoms. The second-order valence-corrected chi connectivity index (χ2v) is 4.29. The van der Waals surface area contributed by atoms with E-state index in [4.69, 9.17) is 10.00 Å². The molecule has 0 aromatic heterocycles. The Bertz CT molecular complexity index is 465. The van der Waals surface area contributed by atoms with E-state index >= 15 is 0 Å². The van der Waals surface area contributed by atoms with Crippen molar-refractivity contribution < 1.29 is 9.53 Å². The first-order valence-electron chi connectivity index (χ1n) is 5.89. The van der Waals surface area contributed by atoms with Crippen molar-refractivity contribution in [3.8, 4) is 11.8 Å². The van der Waals surface area contributed by atoms with E-state index < -0.39 is 5.41 Å². The highest BCUT2D eigenvalue weighted by atomic mass is 16.5. The third-order valence-corrected chi connectivity index (χ3v) is 3.09. The molecule has 0 heterocycles. The van der Waals surface area contributed by atoms with Crippen LogP contribution in [0.15, 0.2) is 24.3 Å². The number of para-hydroxylation sites is 1. The molecule has 0 spiro atoms. The lowest BCUT2D eigenvalue weighted by Crippen LogP contribution is -2.37. The van der Waals surface area contributed by atoms with Crippen LogP contribution in [0.25, 0.3) is 0 Å². The van der Waals surface area contributed by atoms with Gasteiger partial charge in [-0.1, -0.05) is 25.1 Å². The van der Waals surface area contributed by atoms with E-state index in [1.54, 1.807) is 14.0 Å². The van der Waals surface area contributed by atoms with E-state index in [1.807, 2.05) is 37.3 Å². The Balaban J connectivity index is 2.72. The maximum Gasteiger partial charge on any atom is 0.240 e. The van der Waals surface area contributed by atoms with Gasteiger partial charge in [-0.25, -0.2) is 0 Å². The zero-order valence-corrected chi connectivity index (χ0v) is 11.0. The molecular weight excluding hydrogens is 228 g/mol. The lowest BCUT2D eigenvalue weighted by atomic mass is 9.88. The average molecular weight is 246 g/mol. The molecule has 1 aromatic carbocycles. The molecule has 96 valence electrons. The van der Waals surface area contributed by atoms with Crippen LogP contribution in [-0.2, 0) is 11.3 Å². The highest BCUT2D eigenvalue weighted by molar-refractivity contribution is 5.84. The lowest BCUT2D eigenvalue weighted by Gasteiger charge is -2.19. The Morgan fingerprint density at radius 1 is 1.50 bits per heavy atom. The zero-order valence-electron chi connectivity index (χ0n) is 11.0. The van der Waals surface area contributed by atoms with Gasteiger partial charge in [0.25, 0.3) is 0 Å². The number of nitrogens with one attached hydrogen (secondary N) is 1. The monoisotopic (exact) mass is 246 g/mol. The number of hydrogen-bond acceptors (Lipinski definition) is 3. The Morgan fingerprint density at radius 3 is 2.72 bits per heavy atom. The maximum atomic E-state index is 11.9. The van der Waals surface area contributed by atoms with E-state index in [2.05, 4.69) is 5.32 Å². The number of nitrogens with zero attached hydrogens (tertiary/aromatic N) is 1. The quantitative estimate of drug-likeness (QED) is 0.866. The molecule has 0 saturated heterocycles. The summed E-state index contributed by atoms with van der Waals surface area (Å²) in [4.78, 5) is 11.9. The number of benzene rings is 1. The first-order chi connectivity index (χ1) is 8.57. The minimum Gasteiger partial charge on any atom is -0.496 e. The van der Waals surface area contributed by atoms with Crippen LogP contribution in [-0.4, -0.2) is 13.0 Å². The zero-order chi connectivity index (χ0) is 13.6. The predicted molar refractivity (Wildman–Crippen MR) is 68.9 cm³/mol. The molecule has 1 N–H and O–H groups in total. The summed E-state index contributed by atoms with van der Waals surface area (Å²) >= 11 is 0. The molecule has 1 amide bonds. The van der Waals surface area contributed by atoms with Crippen LogP contribution in [0.1, 0.15) is 25.8 Å². The van der Waals surface area contributed by atoms with Gasteiger partial charge in [-0.05, 0) is 19.4 Å². The molecule has 4 heteroatoms. The highest BCUT2D eigenvalue weighted by Crippen LogP contribution is 2.21. The molecule has 1 aromatic rings. The Kier molecular flexibility index (Phi) is 4.73. The van der Waals surface area contributed by atoms with Gasteiger partial charge in [0.2, 0.25) is 5.91 Å². The van der Waals surface area contributed by atoms with Gasteiger partial charge in [-0.2, -0.15) is 5.26 Å². The van der Waals surface area contributed by atoms with Gasteiger partial charge in [-0.3, -0.25) is 4.79 Å². The van der Waals surface area contributed by atoms with E-state index in [0.717, 1.165) is 11.3 Å². The van der Waals surface area contributed by atoms with Crippen LogP contribution in [0.5, 0.6) is 5.75 Å². The summed E-state index contributed by atoms with van der Waals surface area (Å²) in [6, 6.07) is 9.52. The fourth-order valence-electron chi connectivity index (χ4n) is 1.51. The van der Waals surface area contributed by atoms with Gasteiger partial charge in [0, 0.05) is 12.1 Å². The minimum absolute atomic E-state index is 0.251. The molecule has 0 saturated carbocycles. The van der Waals surface area contributed by atoms with Gasteiger partial charge < -0.3 is 10.1 Å². The van der Waals surface area contributed by atoms with Crippen molar-refractivity contribution >= 4 is 5.91 Å². The standard InChI is InChI=1S/C14H18N2O2/c1-4-14(2,10-15)13(17)16-9-11-7-5-6-8-12(11)18-3/h5-8H,4,9H2,1-3H3,(H,16,17). The number of nitriles is 1. The second-order valence-electron chi connectivity index (χ2n) is 4.29. The van der Waals surface area contributed by atoms with Crippen molar-refractivity contribution in [2.24, 2.45) is 5.41 Å². The van der Waals surface area contributed by atoms with Gasteiger partial charge >= 0.3 is 0 Å². The largest absolute Gasteiger partial charge is 0.496 e. The van der Waals surface area contributed by atoms with E-state index in [1.165, 1.54) is 0 Å². The van der Waals surface area contributed by atoms with Crippen molar-refractivity contribution in [3.63, 3.8) is 0 Å². The lowest BCUT2D eigenvalue weighted by molar-refractivity contribution is -0.127. The van der Waals surface area contributed by atoms with Gasteiger partial charge in [0.15, 0.2) is 0 Å². The summed E-state index contributed by atoms with van der Waals surface area (Å²) in [6.45, 7) is 3.83. The fraction of sp³-hybridized carbons (Fsp3) is 0.429. The van der Waals surface area contributed by atoms with Crippen molar-refractivity contribution in [1.82, 2.24) is 5.32 Å². The van der Waals surface area contributed by atoms with Crippen molar-refractivity contribution in [2.45, 2.75) is 26.8 Å². The topological polar surface area (TPSA) is 62.1 Å². The third-order valence-electron chi connectivity index (χ3n) is 3.09. The number of hydrogen-bond donors (Lipinski definition) is 1. The Labute approximate surface area is 108 Å². The number of amides is 1. The van der Waals surface area contributed by atoms with E-state index in [-0.39, 0.29) is 5.91 Å². The van der Waals surface area contributed by atoms with Crippen LogP contribution in [0, 0.1) is 16.7 Å². The molecule has 1 rings (SSSR count). The average Bonchev–Trinajstić information content (AvgIpc) is 2.43. The number of carbonyl (C=O) groups excluding carboxylic acids is 1. The first kappa shape index (κ1) is 14.0. The van der Waals surface area contributed by atoms with Crippen LogP contribution >= 0.6 is 0 Å². The molecular formula is C14H18N2O2. The maximum absolute atomic E-state index is 11.9. The first-order valence-corrected chi connectivity index (χ1v) is 5.89. The molecule has 4 nitrogen and oxygen atoms in total. The number of methoxy groups -OCH3 is 1. The molecule has 1 unspecified atom stereocenters. The van der Waals surface area contributed by atoms with E-state index in [9.17, 15) is 4.79 Å². The molecule has 1 atom stereocenters. The summed E-state index contributed by atoms with van der Waals surface area (Å²) in [5.41, 5.74) is -0.0769. The minimum atomic E-state index is -0.970.